The van der Waals surface area contributed by atoms with E-state index in [-0.39, 0.29) is 5.82 Å². The Labute approximate surface area is 113 Å². The number of imidazole rings is 1. The summed E-state index contributed by atoms with van der Waals surface area (Å²) in [4.78, 5) is 2.88. The van der Waals surface area contributed by atoms with Gasteiger partial charge in [0.2, 0.25) is 0 Å². The summed E-state index contributed by atoms with van der Waals surface area (Å²) in [6, 6.07) is 12.1. The summed E-state index contributed by atoms with van der Waals surface area (Å²) in [6.45, 7) is 0. The van der Waals surface area contributed by atoms with Gasteiger partial charge in [-0.3, -0.25) is 4.57 Å². The number of fused-ring (bicyclic) bond motifs is 1. The topological polar surface area (TPSA) is 20.7 Å². The average molecular weight is 279 g/mol. The normalized spacial score (nSPS) is 11.0. The van der Waals surface area contributed by atoms with E-state index >= 15 is 0 Å². The first-order valence-electron chi connectivity index (χ1n) is 5.32. The van der Waals surface area contributed by atoms with Crippen LogP contribution in [0.25, 0.3) is 16.7 Å². The van der Waals surface area contributed by atoms with Crippen LogP contribution in [0.1, 0.15) is 0 Å². The second-order valence-electron chi connectivity index (χ2n) is 3.88. The van der Waals surface area contributed by atoms with E-state index in [1.807, 2.05) is 18.2 Å². The Morgan fingerprint density at radius 2 is 1.83 bits per heavy atom. The molecular formula is C13H8ClFN2S. The number of hydrogen-bond acceptors (Lipinski definition) is 1. The third-order valence-corrected chi connectivity index (χ3v) is 3.29. The van der Waals surface area contributed by atoms with E-state index in [1.54, 1.807) is 22.8 Å². The van der Waals surface area contributed by atoms with Gasteiger partial charge in [-0.05, 0) is 48.6 Å². The van der Waals surface area contributed by atoms with E-state index in [0.29, 0.717) is 20.8 Å². The molecule has 0 atom stereocenters. The van der Waals surface area contributed by atoms with E-state index in [0.717, 1.165) is 5.69 Å². The summed E-state index contributed by atoms with van der Waals surface area (Å²) in [6.07, 6.45) is 0. The molecule has 5 heteroatoms. The highest BCUT2D eigenvalue weighted by molar-refractivity contribution is 7.71. The highest BCUT2D eigenvalue weighted by atomic mass is 35.5. The van der Waals surface area contributed by atoms with Gasteiger partial charge >= 0.3 is 0 Å². The first-order valence-corrected chi connectivity index (χ1v) is 6.10. The average Bonchev–Trinajstić information content (AvgIpc) is 2.69. The molecule has 1 N–H and O–H groups in total. The SMILES string of the molecule is Fc1cccc2c1[nH]c(=S)n2-c1ccc(Cl)cc1. The molecule has 0 aliphatic carbocycles. The summed E-state index contributed by atoms with van der Waals surface area (Å²) in [5.41, 5.74) is 1.97. The Hall–Kier alpha value is -1.65. The standard InChI is InChI=1S/C13H8ClFN2S/c14-8-4-6-9(7-5-8)17-11-3-1-2-10(15)12(11)16-13(17)18/h1-7H,(H,16,18). The van der Waals surface area contributed by atoms with Gasteiger partial charge in [0.05, 0.1) is 5.52 Å². The highest BCUT2D eigenvalue weighted by Crippen LogP contribution is 2.22. The molecule has 2 aromatic carbocycles. The number of nitrogens with one attached hydrogen (secondary N) is 1. The highest BCUT2D eigenvalue weighted by Gasteiger charge is 2.09. The zero-order valence-electron chi connectivity index (χ0n) is 9.15. The van der Waals surface area contributed by atoms with Crippen molar-refractivity contribution in [3.05, 3.63) is 58.1 Å². The molecule has 1 aromatic heterocycles. The van der Waals surface area contributed by atoms with Crippen molar-refractivity contribution in [2.75, 3.05) is 0 Å². The number of aromatic nitrogens is 2. The smallest absolute Gasteiger partial charge is 0.182 e. The Kier molecular flexibility index (Phi) is 2.69. The Balaban J connectivity index is 2.35. The predicted molar refractivity (Wildman–Crippen MR) is 73.4 cm³/mol. The van der Waals surface area contributed by atoms with Crippen LogP contribution in [0.3, 0.4) is 0 Å². The van der Waals surface area contributed by atoms with Crippen LogP contribution in [0.15, 0.2) is 42.5 Å². The maximum absolute atomic E-state index is 13.6. The summed E-state index contributed by atoms with van der Waals surface area (Å²) in [5.74, 6) is -0.314. The molecule has 0 radical (unpaired) electrons. The lowest BCUT2D eigenvalue weighted by molar-refractivity contribution is 0.637. The fourth-order valence-electron chi connectivity index (χ4n) is 1.94. The fraction of sp³-hybridized carbons (Fsp3) is 0. The zero-order chi connectivity index (χ0) is 12.7. The van der Waals surface area contributed by atoms with Crippen molar-refractivity contribution < 1.29 is 4.39 Å². The number of para-hydroxylation sites is 1. The quantitative estimate of drug-likeness (QED) is 0.651. The van der Waals surface area contributed by atoms with Crippen molar-refractivity contribution in [3.8, 4) is 5.69 Å². The van der Waals surface area contributed by atoms with Crippen LogP contribution < -0.4 is 0 Å². The summed E-state index contributed by atoms with van der Waals surface area (Å²) in [7, 11) is 0. The van der Waals surface area contributed by atoms with E-state index in [4.69, 9.17) is 23.8 Å². The van der Waals surface area contributed by atoms with Crippen LogP contribution in [-0.4, -0.2) is 9.55 Å². The summed E-state index contributed by atoms with van der Waals surface area (Å²) in [5, 5.41) is 0.649. The monoisotopic (exact) mass is 278 g/mol. The van der Waals surface area contributed by atoms with E-state index in [1.165, 1.54) is 6.07 Å². The molecule has 0 saturated carbocycles. The van der Waals surface area contributed by atoms with Gasteiger partial charge in [0.15, 0.2) is 4.77 Å². The molecular weight excluding hydrogens is 271 g/mol. The zero-order valence-corrected chi connectivity index (χ0v) is 10.7. The number of benzene rings is 2. The molecule has 0 fully saturated rings. The molecule has 90 valence electrons. The Bertz CT molecular complexity index is 774. The Morgan fingerprint density at radius 3 is 2.56 bits per heavy atom. The van der Waals surface area contributed by atoms with Crippen LogP contribution in [-0.2, 0) is 0 Å². The fourth-order valence-corrected chi connectivity index (χ4v) is 2.37. The van der Waals surface area contributed by atoms with Gasteiger partial charge in [-0.15, -0.1) is 0 Å². The number of nitrogens with zero attached hydrogens (tertiary/aromatic N) is 1. The van der Waals surface area contributed by atoms with Crippen LogP contribution in [0, 0.1) is 10.6 Å². The van der Waals surface area contributed by atoms with Gasteiger partial charge in [-0.25, -0.2) is 4.39 Å². The number of H-pyrrole nitrogens is 1. The van der Waals surface area contributed by atoms with Gasteiger partial charge in [-0.1, -0.05) is 17.7 Å². The van der Waals surface area contributed by atoms with Crippen molar-refractivity contribution in [2.45, 2.75) is 0 Å². The number of halogens is 2. The molecule has 0 amide bonds. The maximum atomic E-state index is 13.6. The van der Waals surface area contributed by atoms with Crippen LogP contribution in [0.4, 0.5) is 4.39 Å². The van der Waals surface area contributed by atoms with Gasteiger partial charge in [-0.2, -0.15) is 0 Å². The first kappa shape index (κ1) is 11.4. The van der Waals surface area contributed by atoms with Crippen LogP contribution >= 0.6 is 23.8 Å². The van der Waals surface area contributed by atoms with Gasteiger partial charge in [0.1, 0.15) is 11.3 Å². The van der Waals surface area contributed by atoms with Gasteiger partial charge in [0, 0.05) is 10.7 Å². The van der Waals surface area contributed by atoms with Crippen molar-refractivity contribution in [1.29, 1.82) is 0 Å². The van der Waals surface area contributed by atoms with Crippen LogP contribution in [0.5, 0.6) is 0 Å². The van der Waals surface area contributed by atoms with Gasteiger partial charge < -0.3 is 4.98 Å². The lowest BCUT2D eigenvalue weighted by atomic mass is 10.2. The molecule has 3 rings (SSSR count). The third-order valence-electron chi connectivity index (χ3n) is 2.75. The minimum absolute atomic E-state index is 0.314. The molecule has 0 spiro atoms. The molecule has 2 nitrogen and oxygen atoms in total. The van der Waals surface area contributed by atoms with Crippen molar-refractivity contribution in [1.82, 2.24) is 9.55 Å². The lowest BCUT2D eigenvalue weighted by Crippen LogP contribution is -1.93. The molecule has 3 aromatic rings. The molecule has 0 unspecified atom stereocenters. The van der Waals surface area contributed by atoms with E-state index in [2.05, 4.69) is 4.98 Å². The molecule has 1 heterocycles. The van der Waals surface area contributed by atoms with E-state index in [9.17, 15) is 4.39 Å². The maximum Gasteiger partial charge on any atom is 0.182 e. The third kappa shape index (κ3) is 1.74. The second-order valence-corrected chi connectivity index (χ2v) is 4.70. The minimum atomic E-state index is -0.314. The molecule has 0 aliphatic heterocycles. The number of aromatic amines is 1. The molecule has 18 heavy (non-hydrogen) atoms. The predicted octanol–water partition coefficient (Wildman–Crippen LogP) is 4.48. The summed E-state index contributed by atoms with van der Waals surface area (Å²) >= 11 is 11.1. The lowest BCUT2D eigenvalue weighted by Gasteiger charge is -2.04. The largest absolute Gasteiger partial charge is 0.328 e. The van der Waals surface area contributed by atoms with Crippen molar-refractivity contribution in [3.63, 3.8) is 0 Å². The molecule has 0 bridgehead atoms. The molecule has 0 saturated heterocycles. The minimum Gasteiger partial charge on any atom is -0.328 e. The second kappa shape index (κ2) is 4.23. The number of hydrogen-bond donors (Lipinski definition) is 1. The van der Waals surface area contributed by atoms with Crippen molar-refractivity contribution in [2.24, 2.45) is 0 Å². The summed E-state index contributed by atoms with van der Waals surface area (Å²) < 4.78 is 15.9. The number of rotatable bonds is 1. The van der Waals surface area contributed by atoms with Crippen molar-refractivity contribution >= 4 is 34.9 Å². The Morgan fingerprint density at radius 1 is 1.11 bits per heavy atom. The van der Waals surface area contributed by atoms with E-state index < -0.39 is 0 Å². The molecule has 0 aliphatic rings. The first-order chi connectivity index (χ1) is 8.66. The van der Waals surface area contributed by atoms with Crippen LogP contribution in [0.2, 0.25) is 5.02 Å². The van der Waals surface area contributed by atoms with Gasteiger partial charge in [0.25, 0.3) is 0 Å².